The van der Waals surface area contributed by atoms with E-state index in [2.05, 4.69) is 42.4 Å². The Morgan fingerprint density at radius 1 is 1.07 bits per heavy atom. The molecule has 0 aliphatic heterocycles. The Morgan fingerprint density at radius 2 is 1.79 bits per heavy atom. The van der Waals surface area contributed by atoms with E-state index in [9.17, 15) is 4.79 Å². The minimum atomic E-state index is -0.467. The van der Waals surface area contributed by atoms with E-state index in [1.807, 2.05) is 18.2 Å². The molecular formula is C24H29NO4. The van der Waals surface area contributed by atoms with Crippen molar-refractivity contribution in [2.45, 2.75) is 32.3 Å². The zero-order valence-corrected chi connectivity index (χ0v) is 17.4. The van der Waals surface area contributed by atoms with Crippen LogP contribution in [0.2, 0.25) is 0 Å². The lowest BCUT2D eigenvalue weighted by Crippen LogP contribution is -2.37. The fourth-order valence-electron chi connectivity index (χ4n) is 2.96. The van der Waals surface area contributed by atoms with E-state index >= 15 is 0 Å². The van der Waals surface area contributed by atoms with Crippen molar-refractivity contribution >= 4 is 5.91 Å². The number of terminal acetylenes is 1. The van der Waals surface area contributed by atoms with Gasteiger partial charge in [0, 0.05) is 13.7 Å². The Hall–Kier alpha value is -2.97. The average molecular weight is 395 g/mol. The SMILES string of the molecule is C#CCOc1ccc(CCNC(=O)[C@@H](CCc2ccc(C)cc2)OC)cc1OC. The minimum Gasteiger partial charge on any atom is -0.493 e. The standard InChI is InChI=1S/C24H29NO4/c1-5-16-29-21-12-11-20(17-23(21)28-4)14-15-25-24(26)22(27-3)13-10-19-8-6-18(2)7-9-19/h1,6-9,11-12,17,22H,10,13-16H2,2-4H3,(H,25,26)/t22-/m1/s1. The number of amides is 1. The van der Waals surface area contributed by atoms with Gasteiger partial charge in [0.2, 0.25) is 5.91 Å². The van der Waals surface area contributed by atoms with E-state index in [0.717, 1.165) is 12.0 Å². The van der Waals surface area contributed by atoms with Crippen LogP contribution in [0.4, 0.5) is 0 Å². The summed E-state index contributed by atoms with van der Waals surface area (Å²) in [6.45, 7) is 2.76. The summed E-state index contributed by atoms with van der Waals surface area (Å²) in [5, 5.41) is 2.95. The van der Waals surface area contributed by atoms with E-state index in [1.165, 1.54) is 11.1 Å². The van der Waals surface area contributed by atoms with Gasteiger partial charge in [-0.25, -0.2) is 0 Å². The molecule has 2 aromatic carbocycles. The molecule has 0 spiro atoms. The number of methoxy groups -OCH3 is 2. The van der Waals surface area contributed by atoms with E-state index in [0.29, 0.717) is 30.9 Å². The third kappa shape index (κ3) is 7.17. The minimum absolute atomic E-state index is 0.0967. The number of nitrogens with one attached hydrogen (secondary N) is 1. The highest BCUT2D eigenvalue weighted by Crippen LogP contribution is 2.28. The molecular weight excluding hydrogens is 366 g/mol. The smallest absolute Gasteiger partial charge is 0.249 e. The van der Waals surface area contributed by atoms with Gasteiger partial charge in [0.05, 0.1) is 7.11 Å². The van der Waals surface area contributed by atoms with Crippen LogP contribution in [-0.2, 0) is 22.4 Å². The van der Waals surface area contributed by atoms with Crippen LogP contribution in [0.25, 0.3) is 0 Å². The fourth-order valence-corrected chi connectivity index (χ4v) is 2.96. The van der Waals surface area contributed by atoms with Crippen LogP contribution in [0.1, 0.15) is 23.1 Å². The summed E-state index contributed by atoms with van der Waals surface area (Å²) in [5.41, 5.74) is 3.45. The lowest BCUT2D eigenvalue weighted by atomic mass is 10.0. The summed E-state index contributed by atoms with van der Waals surface area (Å²) in [4.78, 5) is 12.4. The Bertz CT molecular complexity index is 824. The summed E-state index contributed by atoms with van der Waals surface area (Å²) >= 11 is 0. The van der Waals surface area contributed by atoms with Crippen molar-refractivity contribution in [1.82, 2.24) is 5.32 Å². The number of aryl methyl sites for hydroxylation is 2. The van der Waals surface area contributed by atoms with Crippen molar-refractivity contribution in [1.29, 1.82) is 0 Å². The first kappa shape index (κ1) is 22.3. The second-order valence-corrected chi connectivity index (χ2v) is 6.77. The van der Waals surface area contributed by atoms with Gasteiger partial charge in [0.25, 0.3) is 0 Å². The van der Waals surface area contributed by atoms with Crippen molar-refractivity contribution < 1.29 is 19.0 Å². The summed E-state index contributed by atoms with van der Waals surface area (Å²) in [6.07, 6.45) is 6.86. The first-order valence-corrected chi connectivity index (χ1v) is 9.66. The van der Waals surface area contributed by atoms with Gasteiger partial charge in [-0.3, -0.25) is 4.79 Å². The number of benzene rings is 2. The summed E-state index contributed by atoms with van der Waals surface area (Å²) in [7, 11) is 3.15. The summed E-state index contributed by atoms with van der Waals surface area (Å²) < 4.78 is 16.2. The largest absolute Gasteiger partial charge is 0.493 e. The molecule has 2 rings (SSSR count). The number of carbonyl (C=O) groups is 1. The molecule has 0 radical (unpaired) electrons. The van der Waals surface area contributed by atoms with E-state index < -0.39 is 6.10 Å². The second-order valence-electron chi connectivity index (χ2n) is 6.77. The number of hydrogen-bond acceptors (Lipinski definition) is 4. The van der Waals surface area contributed by atoms with Crippen molar-refractivity contribution in [3.63, 3.8) is 0 Å². The molecule has 0 aromatic heterocycles. The molecule has 29 heavy (non-hydrogen) atoms. The van der Waals surface area contributed by atoms with Gasteiger partial charge < -0.3 is 19.5 Å². The van der Waals surface area contributed by atoms with Crippen molar-refractivity contribution in [2.24, 2.45) is 0 Å². The normalized spacial score (nSPS) is 11.4. The monoisotopic (exact) mass is 395 g/mol. The molecule has 5 heteroatoms. The highest BCUT2D eigenvalue weighted by molar-refractivity contribution is 5.80. The zero-order chi connectivity index (χ0) is 21.1. The van der Waals surface area contributed by atoms with E-state index in [1.54, 1.807) is 14.2 Å². The maximum atomic E-state index is 12.4. The highest BCUT2D eigenvalue weighted by atomic mass is 16.5. The summed E-state index contributed by atoms with van der Waals surface area (Å²) in [6, 6.07) is 14.0. The molecule has 0 unspecified atom stereocenters. The van der Waals surface area contributed by atoms with Crippen LogP contribution < -0.4 is 14.8 Å². The van der Waals surface area contributed by atoms with Gasteiger partial charge in [-0.15, -0.1) is 6.42 Å². The Morgan fingerprint density at radius 3 is 2.45 bits per heavy atom. The first-order chi connectivity index (χ1) is 14.1. The summed E-state index contributed by atoms with van der Waals surface area (Å²) in [5.74, 6) is 3.56. The molecule has 0 saturated carbocycles. The lowest BCUT2D eigenvalue weighted by Gasteiger charge is -2.16. The topological polar surface area (TPSA) is 56.8 Å². The quantitative estimate of drug-likeness (QED) is 0.593. The fraction of sp³-hybridized carbons (Fsp3) is 0.375. The molecule has 1 amide bonds. The molecule has 0 bridgehead atoms. The van der Waals surface area contributed by atoms with Gasteiger partial charge in [0.15, 0.2) is 11.5 Å². The molecule has 0 aliphatic rings. The molecule has 1 atom stereocenters. The molecule has 5 nitrogen and oxygen atoms in total. The van der Waals surface area contributed by atoms with Crippen LogP contribution in [0.5, 0.6) is 11.5 Å². The first-order valence-electron chi connectivity index (χ1n) is 9.66. The Labute approximate surface area is 173 Å². The third-order valence-corrected chi connectivity index (χ3v) is 4.64. The lowest BCUT2D eigenvalue weighted by molar-refractivity contribution is -0.131. The molecule has 0 fully saturated rings. The molecule has 0 saturated heterocycles. The van der Waals surface area contributed by atoms with Crippen LogP contribution in [0.15, 0.2) is 42.5 Å². The second kappa shape index (κ2) is 11.8. The van der Waals surface area contributed by atoms with Crippen molar-refractivity contribution in [2.75, 3.05) is 27.4 Å². The molecule has 0 heterocycles. The predicted molar refractivity (Wildman–Crippen MR) is 114 cm³/mol. The van der Waals surface area contributed by atoms with Crippen LogP contribution in [0.3, 0.4) is 0 Å². The van der Waals surface area contributed by atoms with E-state index in [-0.39, 0.29) is 12.5 Å². The maximum Gasteiger partial charge on any atom is 0.249 e. The molecule has 154 valence electrons. The molecule has 1 N–H and O–H groups in total. The predicted octanol–water partition coefficient (Wildman–Crippen LogP) is 3.32. The third-order valence-electron chi connectivity index (χ3n) is 4.64. The highest BCUT2D eigenvalue weighted by Gasteiger charge is 2.17. The van der Waals surface area contributed by atoms with Gasteiger partial charge in [-0.05, 0) is 49.4 Å². The van der Waals surface area contributed by atoms with Crippen molar-refractivity contribution in [3.05, 3.63) is 59.2 Å². The Kier molecular flexibility index (Phi) is 9.07. The Balaban J connectivity index is 1.82. The van der Waals surface area contributed by atoms with Gasteiger partial charge >= 0.3 is 0 Å². The van der Waals surface area contributed by atoms with Gasteiger partial charge in [-0.1, -0.05) is 41.8 Å². The number of hydrogen-bond donors (Lipinski definition) is 1. The molecule has 0 aliphatic carbocycles. The van der Waals surface area contributed by atoms with Gasteiger partial charge in [0.1, 0.15) is 12.7 Å². The number of rotatable bonds is 11. The van der Waals surface area contributed by atoms with Crippen molar-refractivity contribution in [3.8, 4) is 23.8 Å². The average Bonchev–Trinajstić information content (AvgIpc) is 2.74. The van der Waals surface area contributed by atoms with Crippen LogP contribution in [0, 0.1) is 19.3 Å². The molecule has 2 aromatic rings. The zero-order valence-electron chi connectivity index (χ0n) is 17.4. The van der Waals surface area contributed by atoms with Crippen LogP contribution in [-0.4, -0.2) is 39.4 Å². The van der Waals surface area contributed by atoms with E-state index in [4.69, 9.17) is 20.6 Å². The van der Waals surface area contributed by atoms with Gasteiger partial charge in [-0.2, -0.15) is 0 Å². The maximum absolute atomic E-state index is 12.4. The number of carbonyl (C=O) groups excluding carboxylic acids is 1. The van der Waals surface area contributed by atoms with Crippen LogP contribution >= 0.6 is 0 Å². The number of ether oxygens (including phenoxy) is 3.